The zero-order valence-electron chi connectivity index (χ0n) is 16.2. The van der Waals surface area contributed by atoms with Gasteiger partial charge in [0.1, 0.15) is 0 Å². The Bertz CT molecular complexity index is 1140. The molecule has 0 saturated carbocycles. The molecule has 28 heavy (non-hydrogen) atoms. The molecule has 0 N–H and O–H groups in total. The van der Waals surface area contributed by atoms with Gasteiger partial charge in [-0.05, 0) is 56.4 Å². The lowest BCUT2D eigenvalue weighted by atomic mass is 9.95. The zero-order chi connectivity index (χ0) is 19.3. The van der Waals surface area contributed by atoms with Crippen molar-refractivity contribution >= 4 is 26.5 Å². The monoisotopic (exact) mass is 380 g/mol. The van der Waals surface area contributed by atoms with Crippen molar-refractivity contribution in [3.05, 3.63) is 124 Å². The number of hydrogen-bond donors (Lipinski definition) is 0. The number of benzene rings is 3. The maximum atomic E-state index is 2.81. The predicted octanol–water partition coefficient (Wildman–Crippen LogP) is 5.18. The SMILES string of the molecule is CC1C=CC(c2ccccc2)=c2ccc(/C(=C\CP)c3ccccc3)cc2=C1. The quantitative estimate of drug-likeness (QED) is 0.547. The summed E-state index contributed by atoms with van der Waals surface area (Å²) in [5.74, 6) is 0.404. The van der Waals surface area contributed by atoms with Crippen molar-refractivity contribution in [2.45, 2.75) is 6.92 Å². The molecule has 2 unspecified atom stereocenters. The van der Waals surface area contributed by atoms with Crippen LogP contribution < -0.4 is 10.4 Å². The van der Waals surface area contributed by atoms with Gasteiger partial charge in [0, 0.05) is 0 Å². The summed E-state index contributed by atoms with van der Waals surface area (Å²) in [4.78, 5) is 0. The Balaban J connectivity index is 1.93. The van der Waals surface area contributed by atoms with Gasteiger partial charge in [0.05, 0.1) is 0 Å². The summed E-state index contributed by atoms with van der Waals surface area (Å²) in [5, 5.41) is 2.60. The fourth-order valence-corrected chi connectivity index (χ4v) is 4.03. The molecule has 138 valence electrons. The third kappa shape index (κ3) is 3.93. The molecular formula is C27H25P. The van der Waals surface area contributed by atoms with E-state index in [1.54, 1.807) is 0 Å². The Morgan fingerprint density at radius 1 is 0.893 bits per heavy atom. The van der Waals surface area contributed by atoms with Gasteiger partial charge in [0.15, 0.2) is 0 Å². The van der Waals surface area contributed by atoms with Crippen LogP contribution in [0.15, 0.2) is 97.1 Å². The van der Waals surface area contributed by atoms with Crippen LogP contribution >= 0.6 is 9.24 Å². The zero-order valence-corrected chi connectivity index (χ0v) is 17.3. The lowest BCUT2D eigenvalue weighted by molar-refractivity contribution is 0.998. The topological polar surface area (TPSA) is 0 Å². The fourth-order valence-electron chi connectivity index (χ4n) is 3.80. The second kappa shape index (κ2) is 8.55. The van der Waals surface area contributed by atoms with E-state index in [0.29, 0.717) is 5.92 Å². The van der Waals surface area contributed by atoms with E-state index in [1.807, 2.05) is 0 Å². The molecule has 0 amide bonds. The van der Waals surface area contributed by atoms with Gasteiger partial charge in [-0.25, -0.2) is 0 Å². The molecule has 0 fully saturated rings. The summed E-state index contributed by atoms with van der Waals surface area (Å²) in [6.45, 7) is 2.25. The van der Waals surface area contributed by atoms with Crippen LogP contribution in [-0.4, -0.2) is 6.16 Å². The Kier molecular flexibility index (Phi) is 5.70. The molecule has 2 atom stereocenters. The minimum absolute atomic E-state index is 0.404. The minimum atomic E-state index is 0.404. The first-order chi connectivity index (χ1) is 13.8. The van der Waals surface area contributed by atoms with Crippen LogP contribution in [-0.2, 0) is 0 Å². The highest BCUT2D eigenvalue weighted by Crippen LogP contribution is 2.23. The molecule has 0 aromatic heterocycles. The molecule has 3 aromatic rings. The first kappa shape index (κ1) is 18.7. The molecular weight excluding hydrogens is 355 g/mol. The van der Waals surface area contributed by atoms with E-state index in [4.69, 9.17) is 0 Å². The van der Waals surface area contributed by atoms with E-state index in [0.717, 1.165) is 6.16 Å². The predicted molar refractivity (Wildman–Crippen MR) is 126 cm³/mol. The lowest BCUT2D eigenvalue weighted by Gasteiger charge is -2.10. The highest BCUT2D eigenvalue weighted by molar-refractivity contribution is 7.16. The molecule has 1 heteroatoms. The summed E-state index contributed by atoms with van der Waals surface area (Å²) in [6.07, 6.45) is 10.2. The molecule has 0 spiro atoms. The van der Waals surface area contributed by atoms with Crippen LogP contribution in [0.3, 0.4) is 0 Å². The van der Waals surface area contributed by atoms with Gasteiger partial charge in [0.25, 0.3) is 0 Å². The van der Waals surface area contributed by atoms with Crippen molar-refractivity contribution in [1.82, 2.24) is 0 Å². The third-order valence-corrected chi connectivity index (χ3v) is 5.39. The summed E-state index contributed by atoms with van der Waals surface area (Å²) >= 11 is 0. The molecule has 0 saturated heterocycles. The number of rotatable bonds is 4. The lowest BCUT2D eigenvalue weighted by Crippen LogP contribution is -2.27. The van der Waals surface area contributed by atoms with Gasteiger partial charge >= 0.3 is 0 Å². The summed E-state index contributed by atoms with van der Waals surface area (Å²) in [5.41, 5.74) is 6.37. The average molecular weight is 380 g/mol. The van der Waals surface area contributed by atoms with Crippen LogP contribution in [0.1, 0.15) is 23.6 Å². The van der Waals surface area contributed by atoms with E-state index < -0.39 is 0 Å². The second-order valence-corrected chi connectivity index (χ2v) is 7.66. The van der Waals surface area contributed by atoms with E-state index in [9.17, 15) is 0 Å². The summed E-state index contributed by atoms with van der Waals surface area (Å²) in [7, 11) is 2.81. The highest BCUT2D eigenvalue weighted by atomic mass is 31.0. The van der Waals surface area contributed by atoms with E-state index in [2.05, 4.69) is 119 Å². The van der Waals surface area contributed by atoms with Crippen molar-refractivity contribution in [2.24, 2.45) is 5.92 Å². The van der Waals surface area contributed by atoms with Gasteiger partial charge in [-0.15, -0.1) is 9.24 Å². The standard InChI is InChI=1S/C27H25P/c1-20-12-14-26(22-10-6-3-7-11-22)27-15-13-23(19-24(27)18-20)25(16-17-28)21-8-4-2-5-9-21/h2-16,18-20H,17,28H2,1H3/b25-16-. The number of hydrogen-bond acceptors (Lipinski definition) is 0. The molecule has 1 aliphatic rings. The van der Waals surface area contributed by atoms with Crippen LogP contribution in [0.5, 0.6) is 0 Å². The number of fused-ring (bicyclic) bond motifs is 1. The van der Waals surface area contributed by atoms with Gasteiger partial charge in [-0.3, -0.25) is 0 Å². The van der Waals surface area contributed by atoms with Crippen molar-refractivity contribution in [2.75, 3.05) is 6.16 Å². The van der Waals surface area contributed by atoms with E-state index in [1.165, 1.54) is 38.3 Å². The maximum absolute atomic E-state index is 2.81. The molecule has 0 nitrogen and oxygen atoms in total. The molecule has 0 bridgehead atoms. The smallest absolute Gasteiger partial charge is 0.00693 e. The average Bonchev–Trinajstić information content (AvgIpc) is 2.91. The molecule has 0 aliphatic heterocycles. The van der Waals surface area contributed by atoms with Crippen LogP contribution in [0.2, 0.25) is 0 Å². The van der Waals surface area contributed by atoms with E-state index in [-0.39, 0.29) is 0 Å². The van der Waals surface area contributed by atoms with Crippen molar-refractivity contribution in [3.63, 3.8) is 0 Å². The van der Waals surface area contributed by atoms with Crippen molar-refractivity contribution in [1.29, 1.82) is 0 Å². The highest BCUT2D eigenvalue weighted by Gasteiger charge is 2.09. The summed E-state index contributed by atoms with van der Waals surface area (Å²) < 4.78 is 0. The third-order valence-electron chi connectivity index (χ3n) is 5.15. The molecule has 4 rings (SSSR count). The Morgan fingerprint density at radius 3 is 2.32 bits per heavy atom. The first-order valence-corrected chi connectivity index (χ1v) is 10.6. The second-order valence-electron chi connectivity index (χ2n) is 7.19. The fraction of sp³-hybridized carbons (Fsp3) is 0.111. The summed E-state index contributed by atoms with van der Waals surface area (Å²) in [6, 6.07) is 28.2. The molecule has 0 radical (unpaired) electrons. The van der Waals surface area contributed by atoms with Crippen molar-refractivity contribution in [3.8, 4) is 0 Å². The maximum Gasteiger partial charge on any atom is -0.00693 e. The Morgan fingerprint density at radius 2 is 1.61 bits per heavy atom. The van der Waals surface area contributed by atoms with Gasteiger partial charge in [0.2, 0.25) is 0 Å². The van der Waals surface area contributed by atoms with Crippen LogP contribution in [0.25, 0.3) is 17.2 Å². The minimum Gasteiger partial charge on any atom is -0.134 e. The van der Waals surface area contributed by atoms with E-state index >= 15 is 0 Å². The number of allylic oxidation sites excluding steroid dienone is 3. The van der Waals surface area contributed by atoms with Crippen LogP contribution in [0, 0.1) is 5.92 Å². The Hall–Kier alpha value is -2.69. The normalized spacial score (nSPS) is 16.3. The van der Waals surface area contributed by atoms with Gasteiger partial charge < -0.3 is 0 Å². The largest absolute Gasteiger partial charge is 0.134 e. The van der Waals surface area contributed by atoms with Gasteiger partial charge in [-0.2, -0.15) is 0 Å². The first-order valence-electron chi connectivity index (χ1n) is 9.82. The van der Waals surface area contributed by atoms with Crippen LogP contribution in [0.4, 0.5) is 0 Å². The Labute approximate surface area is 169 Å². The van der Waals surface area contributed by atoms with Gasteiger partial charge in [-0.1, -0.05) is 104 Å². The van der Waals surface area contributed by atoms with Crippen molar-refractivity contribution < 1.29 is 0 Å². The molecule has 0 heterocycles. The molecule has 1 aliphatic carbocycles. The molecule has 3 aromatic carbocycles.